The van der Waals surface area contributed by atoms with Crippen LogP contribution in [0.2, 0.25) is 4.34 Å². The molecule has 0 atom stereocenters. The van der Waals surface area contributed by atoms with E-state index in [9.17, 15) is 4.79 Å². The van der Waals surface area contributed by atoms with E-state index in [2.05, 4.69) is 10.5 Å². The summed E-state index contributed by atoms with van der Waals surface area (Å²) in [5.74, 6) is -0.193. The number of hydrogen-bond acceptors (Lipinski definition) is 4. The molecule has 6 heteroatoms. The van der Waals surface area contributed by atoms with Gasteiger partial charge in [-0.25, -0.2) is 5.43 Å². The van der Waals surface area contributed by atoms with Crippen LogP contribution in [0.4, 0.5) is 0 Å². The van der Waals surface area contributed by atoms with E-state index in [4.69, 9.17) is 11.6 Å². The number of hydrazone groups is 1. The first-order chi connectivity index (χ1) is 8.16. The van der Waals surface area contributed by atoms with Gasteiger partial charge in [-0.2, -0.15) is 5.10 Å². The molecule has 0 aliphatic carbocycles. The Kier molecular flexibility index (Phi) is 3.93. The molecule has 0 aromatic carbocycles. The summed E-state index contributed by atoms with van der Waals surface area (Å²) in [5, 5.41) is 5.89. The minimum absolute atomic E-state index is 0.193. The molecule has 88 valence electrons. The first-order valence-corrected chi connectivity index (χ1v) is 6.88. The summed E-state index contributed by atoms with van der Waals surface area (Å²) in [5.41, 5.74) is 3.26. The third-order valence-electron chi connectivity index (χ3n) is 2.00. The topological polar surface area (TPSA) is 41.5 Å². The van der Waals surface area contributed by atoms with Gasteiger partial charge in [0, 0.05) is 0 Å². The Balaban J connectivity index is 2.04. The highest BCUT2D eigenvalue weighted by Gasteiger charge is 2.06. The van der Waals surface area contributed by atoms with Crippen LogP contribution < -0.4 is 5.43 Å². The third-order valence-corrected chi connectivity index (χ3v) is 4.21. The number of carbonyl (C=O) groups is 1. The molecular weight excluding hydrogens is 276 g/mol. The summed E-state index contributed by atoms with van der Waals surface area (Å²) >= 11 is 8.64. The van der Waals surface area contributed by atoms with Crippen LogP contribution in [0.1, 0.15) is 21.5 Å². The van der Waals surface area contributed by atoms with Crippen molar-refractivity contribution in [2.75, 3.05) is 0 Å². The lowest BCUT2D eigenvalue weighted by molar-refractivity contribution is 0.0959. The SMILES string of the molecule is CC(=NNC(=O)c1cccs1)c1ccc(Cl)s1. The fraction of sp³-hybridized carbons (Fsp3) is 0.0909. The molecule has 3 nitrogen and oxygen atoms in total. The molecule has 0 unspecified atom stereocenters. The second-order valence-electron chi connectivity index (χ2n) is 3.22. The summed E-state index contributed by atoms with van der Waals surface area (Å²) in [6, 6.07) is 7.27. The van der Waals surface area contributed by atoms with E-state index in [1.807, 2.05) is 30.5 Å². The number of halogens is 1. The summed E-state index contributed by atoms with van der Waals surface area (Å²) in [6.07, 6.45) is 0. The van der Waals surface area contributed by atoms with Gasteiger partial charge in [0.05, 0.1) is 19.8 Å². The van der Waals surface area contributed by atoms with Crippen LogP contribution >= 0.6 is 34.3 Å². The van der Waals surface area contributed by atoms with E-state index >= 15 is 0 Å². The number of carbonyl (C=O) groups excluding carboxylic acids is 1. The monoisotopic (exact) mass is 284 g/mol. The van der Waals surface area contributed by atoms with Gasteiger partial charge in [-0.1, -0.05) is 17.7 Å². The predicted octanol–water partition coefficient (Wildman–Crippen LogP) is 3.62. The van der Waals surface area contributed by atoms with E-state index in [1.165, 1.54) is 22.7 Å². The van der Waals surface area contributed by atoms with E-state index < -0.39 is 0 Å². The van der Waals surface area contributed by atoms with E-state index in [0.717, 1.165) is 10.6 Å². The highest BCUT2D eigenvalue weighted by atomic mass is 35.5. The minimum Gasteiger partial charge on any atom is -0.266 e. The van der Waals surface area contributed by atoms with Gasteiger partial charge in [0.25, 0.3) is 5.91 Å². The number of rotatable bonds is 3. The van der Waals surface area contributed by atoms with E-state index in [0.29, 0.717) is 9.21 Å². The molecule has 0 saturated carbocycles. The summed E-state index contributed by atoms with van der Waals surface area (Å²) in [6.45, 7) is 1.83. The lowest BCUT2D eigenvalue weighted by Crippen LogP contribution is -2.17. The van der Waals surface area contributed by atoms with Gasteiger partial charge < -0.3 is 0 Å². The van der Waals surface area contributed by atoms with Crippen molar-refractivity contribution in [2.24, 2.45) is 5.10 Å². The number of hydrogen-bond donors (Lipinski definition) is 1. The van der Waals surface area contributed by atoms with Crippen LogP contribution in [0.15, 0.2) is 34.7 Å². The van der Waals surface area contributed by atoms with Gasteiger partial charge in [0.15, 0.2) is 0 Å². The highest BCUT2D eigenvalue weighted by molar-refractivity contribution is 7.18. The maximum absolute atomic E-state index is 11.6. The third kappa shape index (κ3) is 3.15. The molecule has 2 heterocycles. The smallest absolute Gasteiger partial charge is 0.266 e. The predicted molar refractivity (Wildman–Crippen MR) is 73.3 cm³/mol. The van der Waals surface area contributed by atoms with Crippen molar-refractivity contribution < 1.29 is 4.79 Å². The standard InChI is InChI=1S/C11H9ClN2OS2/c1-7(8-4-5-10(12)17-8)13-14-11(15)9-3-2-6-16-9/h2-6H,1H3,(H,14,15). The van der Waals surface area contributed by atoms with Crippen molar-refractivity contribution in [3.63, 3.8) is 0 Å². The molecule has 2 aromatic rings. The molecule has 0 spiro atoms. The lowest BCUT2D eigenvalue weighted by Gasteiger charge is -1.98. The molecule has 0 saturated heterocycles. The molecular formula is C11H9ClN2OS2. The van der Waals surface area contributed by atoms with Crippen LogP contribution in [0, 0.1) is 0 Å². The Bertz CT molecular complexity index is 546. The number of nitrogens with zero attached hydrogens (tertiary/aromatic N) is 1. The van der Waals surface area contributed by atoms with Gasteiger partial charge >= 0.3 is 0 Å². The maximum Gasteiger partial charge on any atom is 0.281 e. The molecule has 0 fully saturated rings. The zero-order valence-electron chi connectivity index (χ0n) is 8.94. The highest BCUT2D eigenvalue weighted by Crippen LogP contribution is 2.21. The van der Waals surface area contributed by atoms with E-state index in [-0.39, 0.29) is 5.91 Å². The van der Waals surface area contributed by atoms with Crippen molar-refractivity contribution in [3.8, 4) is 0 Å². The number of amides is 1. The van der Waals surface area contributed by atoms with Crippen molar-refractivity contribution in [2.45, 2.75) is 6.92 Å². The average molecular weight is 285 g/mol. The van der Waals surface area contributed by atoms with Gasteiger partial charge in [-0.3, -0.25) is 4.79 Å². The molecule has 0 radical (unpaired) electrons. The zero-order valence-corrected chi connectivity index (χ0v) is 11.3. The van der Waals surface area contributed by atoms with Crippen molar-refractivity contribution >= 4 is 45.9 Å². The first kappa shape index (κ1) is 12.3. The van der Waals surface area contributed by atoms with Crippen molar-refractivity contribution in [3.05, 3.63) is 43.7 Å². The molecule has 2 aromatic heterocycles. The molecule has 0 aliphatic heterocycles. The quantitative estimate of drug-likeness (QED) is 0.679. The van der Waals surface area contributed by atoms with Gasteiger partial charge in [0.1, 0.15) is 0 Å². The van der Waals surface area contributed by atoms with Crippen LogP contribution in [0.5, 0.6) is 0 Å². The average Bonchev–Trinajstić information content (AvgIpc) is 2.95. The van der Waals surface area contributed by atoms with Gasteiger partial charge in [0.2, 0.25) is 0 Å². The molecule has 0 bridgehead atoms. The Morgan fingerprint density at radius 2 is 2.18 bits per heavy atom. The first-order valence-electron chi connectivity index (χ1n) is 4.80. The molecule has 2 rings (SSSR count). The maximum atomic E-state index is 11.6. The van der Waals surface area contributed by atoms with Crippen LogP contribution in [0.25, 0.3) is 0 Å². The van der Waals surface area contributed by atoms with Crippen molar-refractivity contribution in [1.29, 1.82) is 0 Å². The fourth-order valence-electron chi connectivity index (χ4n) is 1.16. The molecule has 17 heavy (non-hydrogen) atoms. The van der Waals surface area contributed by atoms with Crippen LogP contribution in [-0.2, 0) is 0 Å². The van der Waals surface area contributed by atoms with Crippen LogP contribution in [0.3, 0.4) is 0 Å². The second kappa shape index (κ2) is 5.44. The lowest BCUT2D eigenvalue weighted by atomic mass is 10.3. The molecule has 0 aliphatic rings. The van der Waals surface area contributed by atoms with Crippen LogP contribution in [-0.4, -0.2) is 11.6 Å². The Morgan fingerprint density at radius 3 is 2.76 bits per heavy atom. The molecule has 1 N–H and O–H groups in total. The van der Waals surface area contributed by atoms with Gasteiger partial charge in [-0.05, 0) is 30.5 Å². The fourth-order valence-corrected chi connectivity index (χ4v) is 2.76. The number of thiophene rings is 2. The Morgan fingerprint density at radius 1 is 1.35 bits per heavy atom. The largest absolute Gasteiger partial charge is 0.281 e. The molecule has 1 amide bonds. The van der Waals surface area contributed by atoms with E-state index in [1.54, 1.807) is 6.07 Å². The normalized spacial score (nSPS) is 11.5. The summed E-state index contributed by atoms with van der Waals surface area (Å²) in [7, 11) is 0. The number of nitrogens with one attached hydrogen (secondary N) is 1. The zero-order chi connectivity index (χ0) is 12.3. The minimum atomic E-state index is -0.193. The second-order valence-corrected chi connectivity index (χ2v) is 5.88. The van der Waals surface area contributed by atoms with Crippen molar-refractivity contribution in [1.82, 2.24) is 5.43 Å². The summed E-state index contributed by atoms with van der Waals surface area (Å²) < 4.78 is 0.708. The van der Waals surface area contributed by atoms with Gasteiger partial charge in [-0.15, -0.1) is 22.7 Å². The summed E-state index contributed by atoms with van der Waals surface area (Å²) in [4.78, 5) is 13.2. The Hall–Kier alpha value is -1.17. The Labute approximate surface area is 112 Å².